The summed E-state index contributed by atoms with van der Waals surface area (Å²) in [6, 6.07) is -0.143. The Morgan fingerprint density at radius 3 is 2.47 bits per heavy atom. The first-order chi connectivity index (χ1) is 8.13. The Bertz CT molecular complexity index is 314. The first kappa shape index (κ1) is 13.4. The van der Waals surface area contributed by atoms with Gasteiger partial charge in [0, 0.05) is 19.0 Å². The standard InChI is InChI=1S/C12H18N2O3/c1-2-3-8-13-12(17)14-10-6-4-9(5-7-10)11(15)16/h1,9-10H,3-8H2,(H,15,16)(H2,13,14,17). The number of nitrogens with one attached hydrogen (secondary N) is 2. The third-order valence-corrected chi connectivity index (χ3v) is 2.97. The lowest BCUT2D eigenvalue weighted by Crippen LogP contribution is -2.44. The van der Waals surface area contributed by atoms with Gasteiger partial charge in [-0.15, -0.1) is 12.3 Å². The van der Waals surface area contributed by atoms with Crippen LogP contribution in [0.5, 0.6) is 0 Å². The lowest BCUT2D eigenvalue weighted by Gasteiger charge is -2.26. The minimum atomic E-state index is -0.734. The van der Waals surface area contributed by atoms with Gasteiger partial charge >= 0.3 is 12.0 Å². The third kappa shape index (κ3) is 4.77. The second-order valence-electron chi connectivity index (χ2n) is 4.24. The molecule has 1 rings (SSSR count). The van der Waals surface area contributed by atoms with Gasteiger partial charge in [0.25, 0.3) is 0 Å². The average molecular weight is 238 g/mol. The number of rotatable bonds is 4. The van der Waals surface area contributed by atoms with Crippen molar-refractivity contribution in [1.82, 2.24) is 10.6 Å². The van der Waals surface area contributed by atoms with Crippen LogP contribution in [-0.4, -0.2) is 29.7 Å². The maximum Gasteiger partial charge on any atom is 0.315 e. The maximum absolute atomic E-state index is 11.4. The number of carboxylic acids is 1. The number of hydrogen-bond acceptors (Lipinski definition) is 2. The fourth-order valence-electron chi connectivity index (χ4n) is 1.97. The van der Waals surface area contributed by atoms with Crippen LogP contribution in [0.25, 0.3) is 0 Å². The lowest BCUT2D eigenvalue weighted by atomic mass is 9.86. The first-order valence-electron chi connectivity index (χ1n) is 5.84. The van der Waals surface area contributed by atoms with Gasteiger partial charge in [-0.1, -0.05) is 0 Å². The molecule has 0 aromatic heterocycles. The summed E-state index contributed by atoms with van der Waals surface area (Å²) in [6.07, 6.45) is 8.28. The fraction of sp³-hybridized carbons (Fsp3) is 0.667. The molecule has 0 heterocycles. The Hall–Kier alpha value is -1.70. The molecule has 94 valence electrons. The van der Waals surface area contributed by atoms with Crippen LogP contribution >= 0.6 is 0 Å². The van der Waals surface area contributed by atoms with E-state index >= 15 is 0 Å². The van der Waals surface area contributed by atoms with Crippen LogP contribution in [0, 0.1) is 18.3 Å². The van der Waals surface area contributed by atoms with E-state index in [1.165, 1.54) is 0 Å². The number of carboxylic acid groups (broad SMARTS) is 1. The van der Waals surface area contributed by atoms with Crippen LogP contribution in [0.3, 0.4) is 0 Å². The van der Waals surface area contributed by atoms with Crippen molar-refractivity contribution in [3.05, 3.63) is 0 Å². The van der Waals surface area contributed by atoms with Gasteiger partial charge in [-0.2, -0.15) is 0 Å². The molecule has 0 bridgehead atoms. The zero-order chi connectivity index (χ0) is 12.7. The summed E-state index contributed by atoms with van der Waals surface area (Å²) in [7, 11) is 0. The van der Waals surface area contributed by atoms with Crippen molar-refractivity contribution < 1.29 is 14.7 Å². The molecule has 0 aromatic rings. The Morgan fingerprint density at radius 1 is 1.29 bits per heavy atom. The molecule has 0 spiro atoms. The molecule has 1 fully saturated rings. The van der Waals surface area contributed by atoms with Crippen LogP contribution < -0.4 is 10.6 Å². The zero-order valence-corrected chi connectivity index (χ0v) is 9.74. The van der Waals surface area contributed by atoms with Crippen LogP contribution in [0.15, 0.2) is 0 Å². The molecule has 3 N–H and O–H groups in total. The molecule has 0 unspecified atom stereocenters. The normalized spacial score (nSPS) is 23.5. The summed E-state index contributed by atoms with van der Waals surface area (Å²) < 4.78 is 0. The van der Waals surface area contributed by atoms with E-state index in [4.69, 9.17) is 11.5 Å². The van der Waals surface area contributed by atoms with Crippen molar-refractivity contribution in [2.75, 3.05) is 6.54 Å². The molecule has 1 aliphatic carbocycles. The first-order valence-corrected chi connectivity index (χ1v) is 5.84. The smallest absolute Gasteiger partial charge is 0.315 e. The molecule has 1 saturated carbocycles. The van der Waals surface area contributed by atoms with E-state index in [9.17, 15) is 9.59 Å². The van der Waals surface area contributed by atoms with Crippen molar-refractivity contribution in [3.8, 4) is 12.3 Å². The topological polar surface area (TPSA) is 78.4 Å². The minimum Gasteiger partial charge on any atom is -0.481 e. The summed E-state index contributed by atoms with van der Waals surface area (Å²) in [5.41, 5.74) is 0. The third-order valence-electron chi connectivity index (χ3n) is 2.97. The molecular formula is C12H18N2O3. The highest BCUT2D eigenvalue weighted by Gasteiger charge is 2.26. The largest absolute Gasteiger partial charge is 0.481 e. The van der Waals surface area contributed by atoms with Crippen LogP contribution in [0.1, 0.15) is 32.1 Å². The predicted molar refractivity (Wildman–Crippen MR) is 63.4 cm³/mol. The van der Waals surface area contributed by atoms with Crippen molar-refractivity contribution in [3.63, 3.8) is 0 Å². The number of hydrogen-bond donors (Lipinski definition) is 3. The molecule has 0 aromatic carbocycles. The van der Waals surface area contributed by atoms with Crippen molar-refractivity contribution in [2.24, 2.45) is 5.92 Å². The van der Waals surface area contributed by atoms with E-state index in [2.05, 4.69) is 16.6 Å². The van der Waals surface area contributed by atoms with E-state index in [1.54, 1.807) is 0 Å². The van der Waals surface area contributed by atoms with Crippen molar-refractivity contribution in [1.29, 1.82) is 0 Å². The molecule has 0 aliphatic heterocycles. The fourth-order valence-corrected chi connectivity index (χ4v) is 1.97. The number of carbonyl (C=O) groups is 2. The van der Waals surface area contributed by atoms with Gasteiger partial charge in [0.15, 0.2) is 0 Å². The Kier molecular flexibility index (Phi) is 5.34. The summed E-state index contributed by atoms with van der Waals surface area (Å²) in [5.74, 6) is 1.45. The summed E-state index contributed by atoms with van der Waals surface area (Å²) in [5, 5.41) is 14.3. The van der Waals surface area contributed by atoms with E-state index in [0.29, 0.717) is 25.8 Å². The number of terminal acetylenes is 1. The van der Waals surface area contributed by atoms with E-state index in [1.807, 2.05) is 0 Å². The Morgan fingerprint density at radius 2 is 1.94 bits per heavy atom. The molecular weight excluding hydrogens is 220 g/mol. The molecule has 2 amide bonds. The lowest BCUT2D eigenvalue weighted by molar-refractivity contribution is -0.142. The maximum atomic E-state index is 11.4. The molecule has 0 saturated heterocycles. The summed E-state index contributed by atoms with van der Waals surface area (Å²) in [4.78, 5) is 22.1. The van der Waals surface area contributed by atoms with Crippen LogP contribution in [-0.2, 0) is 4.79 Å². The molecule has 0 atom stereocenters. The molecule has 0 radical (unpaired) electrons. The summed E-state index contributed by atoms with van der Waals surface area (Å²) in [6.45, 7) is 0.465. The molecule has 5 heteroatoms. The SMILES string of the molecule is C#CCCNC(=O)NC1CCC(C(=O)O)CC1. The highest BCUT2D eigenvalue weighted by Crippen LogP contribution is 2.24. The van der Waals surface area contributed by atoms with Crippen molar-refractivity contribution in [2.45, 2.75) is 38.1 Å². The average Bonchev–Trinajstić information content (AvgIpc) is 2.30. The minimum absolute atomic E-state index is 0.0800. The highest BCUT2D eigenvalue weighted by atomic mass is 16.4. The van der Waals surface area contributed by atoms with Crippen molar-refractivity contribution >= 4 is 12.0 Å². The number of aliphatic carboxylic acids is 1. The Labute approximate surface area is 101 Å². The Balaban J connectivity index is 2.19. The predicted octanol–water partition coefficient (Wildman–Crippen LogP) is 0.952. The molecule has 5 nitrogen and oxygen atoms in total. The van der Waals surface area contributed by atoms with E-state index < -0.39 is 5.97 Å². The van der Waals surface area contributed by atoms with Gasteiger partial charge in [0.2, 0.25) is 0 Å². The van der Waals surface area contributed by atoms with E-state index in [0.717, 1.165) is 12.8 Å². The van der Waals surface area contributed by atoms with Gasteiger partial charge in [-0.3, -0.25) is 4.79 Å². The zero-order valence-electron chi connectivity index (χ0n) is 9.74. The second-order valence-corrected chi connectivity index (χ2v) is 4.24. The second kappa shape index (κ2) is 6.79. The monoisotopic (exact) mass is 238 g/mol. The number of amides is 2. The van der Waals surface area contributed by atoms with Gasteiger partial charge in [-0.25, -0.2) is 4.79 Å². The molecule has 17 heavy (non-hydrogen) atoms. The van der Waals surface area contributed by atoms with Gasteiger partial charge in [0.1, 0.15) is 0 Å². The number of urea groups is 1. The number of carbonyl (C=O) groups excluding carboxylic acids is 1. The van der Waals surface area contributed by atoms with Gasteiger partial charge in [0.05, 0.1) is 5.92 Å². The quantitative estimate of drug-likeness (QED) is 0.504. The van der Waals surface area contributed by atoms with Crippen LogP contribution in [0.2, 0.25) is 0 Å². The van der Waals surface area contributed by atoms with Gasteiger partial charge in [-0.05, 0) is 25.7 Å². The molecule has 1 aliphatic rings. The summed E-state index contributed by atoms with van der Waals surface area (Å²) >= 11 is 0. The van der Waals surface area contributed by atoms with E-state index in [-0.39, 0.29) is 18.0 Å². The van der Waals surface area contributed by atoms with Gasteiger partial charge < -0.3 is 15.7 Å². The van der Waals surface area contributed by atoms with Crippen LogP contribution in [0.4, 0.5) is 4.79 Å². The highest BCUT2D eigenvalue weighted by molar-refractivity contribution is 5.74.